The molecule has 2 aliphatic heterocycles. The minimum Gasteiger partial charge on any atom is -0.455 e. The summed E-state index contributed by atoms with van der Waals surface area (Å²) in [6.07, 6.45) is 3.28. The van der Waals surface area contributed by atoms with E-state index in [4.69, 9.17) is 16.0 Å². The summed E-state index contributed by atoms with van der Waals surface area (Å²) in [5.74, 6) is 4.04. The molecule has 2 saturated heterocycles. The highest BCUT2D eigenvalue weighted by Gasteiger charge is 2.45. The maximum absolute atomic E-state index is 13.3. The molecule has 0 bridgehead atoms. The van der Waals surface area contributed by atoms with Gasteiger partial charge in [0.2, 0.25) is 0 Å². The molecule has 0 radical (unpaired) electrons. The molecule has 0 atom stereocenters. The van der Waals surface area contributed by atoms with Gasteiger partial charge in [-0.2, -0.15) is 0 Å². The average Bonchev–Trinajstić information content (AvgIpc) is 3.33. The van der Waals surface area contributed by atoms with Crippen LogP contribution in [0.1, 0.15) is 40.3 Å². The van der Waals surface area contributed by atoms with Gasteiger partial charge in [-0.1, -0.05) is 17.7 Å². The maximum Gasteiger partial charge on any atom is 0.289 e. The maximum atomic E-state index is 13.3. The zero-order valence-electron chi connectivity index (χ0n) is 16.6. The van der Waals surface area contributed by atoms with Crippen molar-refractivity contribution in [2.24, 2.45) is 0 Å². The fourth-order valence-corrected chi connectivity index (χ4v) is 8.53. The van der Waals surface area contributed by atoms with Crippen molar-refractivity contribution >= 4 is 46.7 Å². The Morgan fingerprint density at radius 3 is 2.66 bits per heavy atom. The highest BCUT2D eigenvalue weighted by atomic mass is 35.5. The lowest BCUT2D eigenvalue weighted by Gasteiger charge is -2.36. The topological polar surface area (TPSA) is 36.7 Å². The summed E-state index contributed by atoms with van der Waals surface area (Å²) in [4.78, 5) is 17.6. The van der Waals surface area contributed by atoms with Gasteiger partial charge in [-0.3, -0.25) is 4.79 Å². The lowest BCUT2D eigenvalue weighted by Crippen LogP contribution is -2.48. The monoisotopic (exact) mass is 448 g/mol. The van der Waals surface area contributed by atoms with Gasteiger partial charge in [0.05, 0.1) is 4.08 Å². The number of hydrogen-bond acceptors (Lipinski definition) is 5. The number of carbonyl (C=O) groups is 1. The molecule has 0 N–H and O–H groups in total. The second-order valence-electron chi connectivity index (χ2n) is 7.92. The van der Waals surface area contributed by atoms with Gasteiger partial charge in [-0.25, -0.2) is 0 Å². The number of nitrogens with zero attached hydrogens (tertiary/aromatic N) is 2. The van der Waals surface area contributed by atoms with E-state index in [9.17, 15) is 4.79 Å². The molecule has 2 fully saturated rings. The van der Waals surface area contributed by atoms with Crippen molar-refractivity contribution in [3.63, 3.8) is 0 Å². The van der Waals surface area contributed by atoms with Gasteiger partial charge >= 0.3 is 0 Å². The molecule has 3 heterocycles. The summed E-state index contributed by atoms with van der Waals surface area (Å²) in [6.45, 7) is 5.10. The number of fused-ring (bicyclic) bond motifs is 2. The van der Waals surface area contributed by atoms with Crippen molar-refractivity contribution in [3.8, 4) is 0 Å². The molecule has 1 aliphatic carbocycles. The number of benzene rings is 1. The Balaban J connectivity index is 1.34. The molecule has 0 saturated carbocycles. The Labute approximate surface area is 185 Å². The van der Waals surface area contributed by atoms with Gasteiger partial charge in [0, 0.05) is 65.9 Å². The van der Waals surface area contributed by atoms with Crippen molar-refractivity contribution in [2.75, 3.05) is 42.6 Å². The van der Waals surface area contributed by atoms with Crippen LogP contribution in [0, 0.1) is 6.92 Å². The van der Waals surface area contributed by atoms with Crippen LogP contribution < -0.4 is 4.90 Å². The second kappa shape index (κ2) is 7.78. The first-order valence-corrected chi connectivity index (χ1v) is 12.6. The van der Waals surface area contributed by atoms with E-state index in [1.807, 2.05) is 46.6 Å². The standard InChI is InChI=1S/C22H25ClN2O2S2/c1-15-19-18(6-3-7-22(19)28-12-13-29-22)27-20(15)21(26)25-10-8-24(9-11-25)17-5-2-4-16(23)14-17/h2,4-5,14H,3,6-13H2,1H3. The van der Waals surface area contributed by atoms with Gasteiger partial charge in [-0.05, 0) is 38.0 Å². The van der Waals surface area contributed by atoms with Crippen LogP contribution in [0.3, 0.4) is 0 Å². The van der Waals surface area contributed by atoms with Crippen molar-refractivity contribution in [3.05, 3.63) is 51.9 Å². The summed E-state index contributed by atoms with van der Waals surface area (Å²) >= 11 is 10.2. The molecular formula is C22H25ClN2O2S2. The molecule has 2 aromatic rings. The molecule has 3 aliphatic rings. The van der Waals surface area contributed by atoms with E-state index in [1.165, 1.54) is 23.5 Å². The Morgan fingerprint density at radius 1 is 1.17 bits per heavy atom. The number of aryl methyl sites for hydroxylation is 1. The summed E-state index contributed by atoms with van der Waals surface area (Å²) in [6, 6.07) is 7.92. The Kier molecular flexibility index (Phi) is 5.29. The molecule has 0 unspecified atom stereocenters. The first kappa shape index (κ1) is 19.7. The number of hydrogen-bond donors (Lipinski definition) is 0. The van der Waals surface area contributed by atoms with Gasteiger partial charge in [0.25, 0.3) is 5.91 Å². The zero-order valence-corrected chi connectivity index (χ0v) is 19.0. The average molecular weight is 449 g/mol. The molecule has 154 valence electrons. The van der Waals surface area contributed by atoms with E-state index >= 15 is 0 Å². The van der Waals surface area contributed by atoms with Crippen molar-refractivity contribution < 1.29 is 9.21 Å². The highest BCUT2D eigenvalue weighted by Crippen LogP contribution is 2.59. The first-order valence-electron chi connectivity index (χ1n) is 10.3. The first-order chi connectivity index (χ1) is 14.1. The minimum absolute atomic E-state index is 0.0470. The number of amides is 1. The number of piperazine rings is 1. The van der Waals surface area contributed by atoms with Crippen molar-refractivity contribution in [1.82, 2.24) is 4.90 Å². The molecule has 1 amide bonds. The van der Waals surface area contributed by atoms with Crippen molar-refractivity contribution in [2.45, 2.75) is 30.3 Å². The summed E-state index contributed by atoms with van der Waals surface area (Å²) in [5.41, 5.74) is 3.51. The molecule has 29 heavy (non-hydrogen) atoms. The fourth-order valence-electron chi connectivity index (χ4n) is 4.79. The molecule has 1 aromatic heterocycles. The number of rotatable bonds is 2. The zero-order chi connectivity index (χ0) is 20.0. The second-order valence-corrected chi connectivity index (χ2v) is 11.4. The number of halogens is 1. The normalized spacial score (nSPS) is 20.9. The Bertz CT molecular complexity index is 931. The van der Waals surface area contributed by atoms with E-state index in [1.54, 1.807) is 0 Å². The third-order valence-corrected chi connectivity index (χ3v) is 9.96. The van der Waals surface area contributed by atoms with E-state index < -0.39 is 0 Å². The summed E-state index contributed by atoms with van der Waals surface area (Å²) in [7, 11) is 0. The van der Waals surface area contributed by atoms with Gasteiger partial charge in [0.1, 0.15) is 5.76 Å². The lowest BCUT2D eigenvalue weighted by atomic mass is 9.94. The van der Waals surface area contributed by atoms with Crippen LogP contribution in [0.2, 0.25) is 5.02 Å². The van der Waals surface area contributed by atoms with Crippen LogP contribution in [-0.2, 0) is 10.5 Å². The third kappa shape index (κ3) is 3.47. The highest BCUT2D eigenvalue weighted by molar-refractivity contribution is 8.20. The van der Waals surface area contributed by atoms with E-state index in [2.05, 4.69) is 17.9 Å². The predicted octanol–water partition coefficient (Wildman–Crippen LogP) is 5.17. The van der Waals surface area contributed by atoms with E-state index in [0.717, 1.165) is 48.0 Å². The molecule has 1 spiro atoms. The van der Waals surface area contributed by atoms with Gasteiger partial charge < -0.3 is 14.2 Å². The quantitative estimate of drug-likeness (QED) is 0.633. The fraction of sp³-hybridized carbons (Fsp3) is 0.500. The predicted molar refractivity (Wildman–Crippen MR) is 123 cm³/mol. The van der Waals surface area contributed by atoms with Gasteiger partial charge in [-0.15, -0.1) is 23.5 Å². The van der Waals surface area contributed by atoms with Gasteiger partial charge in [0.15, 0.2) is 5.76 Å². The number of carbonyl (C=O) groups excluding carboxylic acids is 1. The van der Waals surface area contributed by atoms with Crippen LogP contribution in [0.25, 0.3) is 0 Å². The van der Waals surface area contributed by atoms with E-state index in [-0.39, 0.29) is 9.99 Å². The molecule has 7 heteroatoms. The third-order valence-electron chi connectivity index (χ3n) is 6.20. The van der Waals surface area contributed by atoms with Crippen LogP contribution in [0.15, 0.2) is 28.7 Å². The summed E-state index contributed by atoms with van der Waals surface area (Å²) < 4.78 is 6.33. The van der Waals surface area contributed by atoms with Crippen LogP contribution >= 0.6 is 35.1 Å². The number of thioether (sulfide) groups is 2. The van der Waals surface area contributed by atoms with Crippen LogP contribution in [0.5, 0.6) is 0 Å². The smallest absolute Gasteiger partial charge is 0.289 e. The number of furan rings is 1. The molecule has 5 rings (SSSR count). The molecule has 1 aromatic carbocycles. The Morgan fingerprint density at radius 2 is 1.93 bits per heavy atom. The number of anilines is 1. The Hall–Kier alpha value is -1.24. The van der Waals surface area contributed by atoms with Crippen LogP contribution in [0.4, 0.5) is 5.69 Å². The van der Waals surface area contributed by atoms with Crippen LogP contribution in [-0.4, -0.2) is 48.5 Å². The molecule has 4 nitrogen and oxygen atoms in total. The van der Waals surface area contributed by atoms with Crippen molar-refractivity contribution in [1.29, 1.82) is 0 Å². The SMILES string of the molecule is Cc1c(C(=O)N2CCN(c3cccc(Cl)c3)CC2)oc2c1C1(CCC2)SCCS1. The lowest BCUT2D eigenvalue weighted by molar-refractivity contribution is 0.0711. The summed E-state index contributed by atoms with van der Waals surface area (Å²) in [5, 5.41) is 0.745. The molecular weight excluding hydrogens is 424 g/mol. The minimum atomic E-state index is 0.0470. The largest absolute Gasteiger partial charge is 0.455 e. The van der Waals surface area contributed by atoms with E-state index in [0.29, 0.717) is 18.8 Å².